The number of carbonyl (C=O) groups is 2. The minimum Gasteiger partial charge on any atom is -0.480 e. The predicted molar refractivity (Wildman–Crippen MR) is 60.1 cm³/mol. The van der Waals surface area contributed by atoms with Gasteiger partial charge in [-0.25, -0.2) is 4.79 Å². The molecular weight excluding hydrogens is 208 g/mol. The first-order chi connectivity index (χ1) is 7.49. The molecule has 5 nitrogen and oxygen atoms in total. The molecule has 0 spiro atoms. The molecule has 0 bridgehead atoms. The number of carbonyl (C=O) groups excluding carboxylic acids is 1. The molecule has 92 valence electrons. The van der Waals surface area contributed by atoms with Gasteiger partial charge in [-0.3, -0.25) is 4.79 Å². The number of carboxylic acids is 1. The van der Waals surface area contributed by atoms with E-state index in [1.807, 2.05) is 0 Å². The Hall–Kier alpha value is -1.26. The van der Waals surface area contributed by atoms with Crippen molar-refractivity contribution in [2.75, 3.05) is 6.54 Å². The zero-order chi connectivity index (χ0) is 12.1. The number of hydrogen-bond acceptors (Lipinski definition) is 2. The molecule has 1 rings (SSSR count). The van der Waals surface area contributed by atoms with Gasteiger partial charge >= 0.3 is 12.0 Å². The molecule has 0 aromatic rings. The maximum atomic E-state index is 11.4. The molecular formula is C11H20N2O3. The third kappa shape index (κ3) is 4.08. The monoisotopic (exact) mass is 228 g/mol. The fraction of sp³-hybridized carbons (Fsp3) is 0.818. The maximum absolute atomic E-state index is 11.4. The molecule has 3 atom stereocenters. The second-order valence-electron chi connectivity index (χ2n) is 4.72. The van der Waals surface area contributed by atoms with Gasteiger partial charge in [0.2, 0.25) is 0 Å². The van der Waals surface area contributed by atoms with Crippen LogP contribution in [0.15, 0.2) is 0 Å². The van der Waals surface area contributed by atoms with E-state index in [0.29, 0.717) is 5.92 Å². The molecule has 3 N–H and O–H groups in total. The Morgan fingerprint density at radius 2 is 2.00 bits per heavy atom. The van der Waals surface area contributed by atoms with E-state index in [4.69, 9.17) is 5.11 Å². The molecule has 0 aromatic carbocycles. The average molecular weight is 228 g/mol. The fourth-order valence-corrected chi connectivity index (χ4v) is 2.26. The first-order valence-electron chi connectivity index (χ1n) is 5.75. The van der Waals surface area contributed by atoms with Gasteiger partial charge in [0.05, 0.1) is 0 Å². The van der Waals surface area contributed by atoms with E-state index >= 15 is 0 Å². The Bertz CT molecular complexity index is 268. The number of rotatable bonds is 3. The second-order valence-corrected chi connectivity index (χ2v) is 4.72. The highest BCUT2D eigenvalue weighted by Gasteiger charge is 2.26. The van der Waals surface area contributed by atoms with Gasteiger partial charge in [-0.15, -0.1) is 0 Å². The minimum atomic E-state index is -1.03. The zero-order valence-corrected chi connectivity index (χ0v) is 9.82. The topological polar surface area (TPSA) is 78.4 Å². The van der Waals surface area contributed by atoms with Gasteiger partial charge in [-0.05, 0) is 31.1 Å². The summed E-state index contributed by atoms with van der Waals surface area (Å²) >= 11 is 0. The summed E-state index contributed by atoms with van der Waals surface area (Å²) in [7, 11) is 0. The van der Waals surface area contributed by atoms with Gasteiger partial charge in [0, 0.05) is 6.04 Å². The van der Waals surface area contributed by atoms with Crippen LogP contribution in [0.5, 0.6) is 0 Å². The first kappa shape index (κ1) is 12.8. The quantitative estimate of drug-likeness (QED) is 0.679. The lowest BCUT2D eigenvalue weighted by Gasteiger charge is -2.33. The van der Waals surface area contributed by atoms with E-state index in [9.17, 15) is 9.59 Å². The van der Waals surface area contributed by atoms with Crippen LogP contribution in [0, 0.1) is 11.8 Å². The summed E-state index contributed by atoms with van der Waals surface area (Å²) in [4.78, 5) is 21.6. The summed E-state index contributed by atoms with van der Waals surface area (Å²) in [6.07, 6.45) is 3.21. The number of urea groups is 1. The van der Waals surface area contributed by atoms with Crippen LogP contribution in [0.1, 0.15) is 33.1 Å². The molecule has 2 amide bonds. The Morgan fingerprint density at radius 1 is 1.31 bits per heavy atom. The molecule has 0 aromatic heterocycles. The fourth-order valence-electron chi connectivity index (χ4n) is 2.26. The number of aliphatic carboxylic acids is 1. The maximum Gasteiger partial charge on any atom is 0.323 e. The lowest BCUT2D eigenvalue weighted by atomic mass is 9.80. The normalized spacial score (nSPS) is 29.5. The SMILES string of the molecule is CC1CCC(NC(=O)NCC(=O)O)C(C)C1. The molecule has 0 heterocycles. The van der Waals surface area contributed by atoms with E-state index in [1.54, 1.807) is 0 Å². The van der Waals surface area contributed by atoms with Crippen molar-refractivity contribution in [2.24, 2.45) is 11.8 Å². The minimum absolute atomic E-state index is 0.171. The van der Waals surface area contributed by atoms with Crippen LogP contribution < -0.4 is 10.6 Å². The molecule has 5 heteroatoms. The van der Waals surface area contributed by atoms with Crippen molar-refractivity contribution in [2.45, 2.75) is 39.2 Å². The molecule has 1 fully saturated rings. The molecule has 0 radical (unpaired) electrons. The zero-order valence-electron chi connectivity index (χ0n) is 9.82. The Morgan fingerprint density at radius 3 is 2.56 bits per heavy atom. The molecule has 16 heavy (non-hydrogen) atoms. The molecule has 3 unspecified atom stereocenters. The Kier molecular flexibility index (Phi) is 4.58. The van der Waals surface area contributed by atoms with Crippen molar-refractivity contribution < 1.29 is 14.7 Å². The summed E-state index contributed by atoms with van der Waals surface area (Å²) in [6.45, 7) is 4.01. The lowest BCUT2D eigenvalue weighted by Crippen LogP contribution is -2.47. The summed E-state index contributed by atoms with van der Waals surface area (Å²) in [6, 6.07) is -0.209. The van der Waals surface area contributed by atoms with E-state index in [1.165, 1.54) is 0 Å². The number of amides is 2. The Balaban J connectivity index is 2.30. The summed E-state index contributed by atoms with van der Waals surface area (Å²) in [5, 5.41) is 13.6. The van der Waals surface area contributed by atoms with Gasteiger partial charge in [-0.1, -0.05) is 13.8 Å². The van der Waals surface area contributed by atoms with Crippen molar-refractivity contribution in [3.05, 3.63) is 0 Å². The highest BCUT2D eigenvalue weighted by Crippen LogP contribution is 2.28. The van der Waals surface area contributed by atoms with Crippen LogP contribution in [0.25, 0.3) is 0 Å². The number of carboxylic acid groups (broad SMARTS) is 1. The molecule has 1 aliphatic rings. The van der Waals surface area contributed by atoms with Crippen LogP contribution in [-0.2, 0) is 4.79 Å². The third-order valence-corrected chi connectivity index (χ3v) is 3.15. The van der Waals surface area contributed by atoms with Crippen molar-refractivity contribution >= 4 is 12.0 Å². The summed E-state index contributed by atoms with van der Waals surface area (Å²) < 4.78 is 0. The first-order valence-corrected chi connectivity index (χ1v) is 5.75. The van der Waals surface area contributed by atoms with Crippen molar-refractivity contribution in [3.63, 3.8) is 0 Å². The van der Waals surface area contributed by atoms with Crippen LogP contribution in [0.4, 0.5) is 4.79 Å². The predicted octanol–water partition coefficient (Wildman–Crippen LogP) is 1.19. The van der Waals surface area contributed by atoms with Gasteiger partial charge in [0.15, 0.2) is 0 Å². The standard InChI is InChI=1S/C11H20N2O3/c1-7-3-4-9(8(2)5-7)13-11(16)12-6-10(14)15/h7-9H,3-6H2,1-2H3,(H,14,15)(H2,12,13,16). The van der Waals surface area contributed by atoms with E-state index in [0.717, 1.165) is 25.2 Å². The lowest BCUT2D eigenvalue weighted by molar-refractivity contribution is -0.135. The largest absolute Gasteiger partial charge is 0.480 e. The molecule has 0 saturated heterocycles. The van der Waals surface area contributed by atoms with Gasteiger partial charge < -0.3 is 15.7 Å². The average Bonchev–Trinajstić information content (AvgIpc) is 2.19. The molecule has 1 saturated carbocycles. The summed E-state index contributed by atoms with van der Waals surface area (Å²) in [5.74, 6) is 0.148. The number of hydrogen-bond donors (Lipinski definition) is 3. The van der Waals surface area contributed by atoms with E-state index in [2.05, 4.69) is 24.5 Å². The van der Waals surface area contributed by atoms with Crippen LogP contribution >= 0.6 is 0 Å². The third-order valence-electron chi connectivity index (χ3n) is 3.15. The van der Waals surface area contributed by atoms with Crippen molar-refractivity contribution in [1.82, 2.24) is 10.6 Å². The van der Waals surface area contributed by atoms with E-state index < -0.39 is 5.97 Å². The number of nitrogens with one attached hydrogen (secondary N) is 2. The van der Waals surface area contributed by atoms with E-state index in [-0.39, 0.29) is 18.6 Å². The van der Waals surface area contributed by atoms with Gasteiger partial charge in [-0.2, -0.15) is 0 Å². The second kappa shape index (κ2) is 5.72. The van der Waals surface area contributed by atoms with Crippen LogP contribution in [-0.4, -0.2) is 29.7 Å². The summed E-state index contributed by atoms with van der Waals surface area (Å²) in [5.41, 5.74) is 0. The van der Waals surface area contributed by atoms with Crippen LogP contribution in [0.2, 0.25) is 0 Å². The molecule has 0 aliphatic heterocycles. The highest BCUT2D eigenvalue weighted by atomic mass is 16.4. The Labute approximate surface area is 95.6 Å². The molecule has 1 aliphatic carbocycles. The van der Waals surface area contributed by atoms with Gasteiger partial charge in [0.1, 0.15) is 6.54 Å². The van der Waals surface area contributed by atoms with Crippen molar-refractivity contribution in [3.8, 4) is 0 Å². The van der Waals surface area contributed by atoms with Crippen molar-refractivity contribution in [1.29, 1.82) is 0 Å². The van der Waals surface area contributed by atoms with Gasteiger partial charge in [0.25, 0.3) is 0 Å². The highest BCUT2D eigenvalue weighted by molar-refractivity contribution is 5.79. The smallest absolute Gasteiger partial charge is 0.323 e. The van der Waals surface area contributed by atoms with Crippen LogP contribution in [0.3, 0.4) is 0 Å².